The van der Waals surface area contributed by atoms with Crippen molar-refractivity contribution >= 4 is 5.78 Å². The number of halogens is 1. The molecule has 0 heterocycles. The van der Waals surface area contributed by atoms with E-state index in [9.17, 15) is 9.90 Å². The Morgan fingerprint density at radius 1 is 1.14 bits per heavy atom. The zero-order valence-electron chi connectivity index (χ0n) is 13.7. The predicted molar refractivity (Wildman–Crippen MR) is 83.0 cm³/mol. The predicted octanol–water partition coefficient (Wildman–Crippen LogP) is 3.91. The van der Waals surface area contributed by atoms with Crippen LogP contribution in [0.2, 0.25) is 0 Å². The zero-order valence-corrected chi connectivity index (χ0v) is 13.7. The van der Waals surface area contributed by atoms with Crippen molar-refractivity contribution in [1.82, 2.24) is 0 Å². The number of carbonyl (C=O) groups is 1. The fraction of sp³-hybridized carbons (Fsp3) is 0.947. The molecule has 3 heteroatoms. The highest BCUT2D eigenvalue weighted by molar-refractivity contribution is 5.87. The van der Waals surface area contributed by atoms with Crippen LogP contribution in [0.4, 0.5) is 4.39 Å². The van der Waals surface area contributed by atoms with E-state index in [0.29, 0.717) is 30.0 Å². The normalized spacial score (nSPS) is 54.5. The summed E-state index contributed by atoms with van der Waals surface area (Å²) in [5.41, 5.74) is -1.16. The number of ketones is 1. The first-order chi connectivity index (χ1) is 10.5. The Kier molecular flexibility index (Phi) is 3.45. The van der Waals surface area contributed by atoms with Crippen molar-refractivity contribution in [1.29, 1.82) is 0 Å². The van der Waals surface area contributed by atoms with Gasteiger partial charge in [-0.1, -0.05) is 6.92 Å². The van der Waals surface area contributed by atoms with Gasteiger partial charge >= 0.3 is 0 Å². The third-order valence-corrected chi connectivity index (χ3v) is 8.10. The zero-order chi connectivity index (χ0) is 15.5. The minimum Gasteiger partial charge on any atom is -0.396 e. The molecule has 0 radical (unpaired) electrons. The Morgan fingerprint density at radius 3 is 2.73 bits per heavy atom. The molecule has 0 aromatic heterocycles. The molecule has 0 spiro atoms. The van der Waals surface area contributed by atoms with Gasteiger partial charge in [-0.2, -0.15) is 0 Å². The number of hydrogen-bond donors (Lipinski definition) is 1. The van der Waals surface area contributed by atoms with Crippen molar-refractivity contribution in [2.24, 2.45) is 35.0 Å². The Balaban J connectivity index is 1.60. The van der Waals surface area contributed by atoms with Gasteiger partial charge in [0, 0.05) is 18.4 Å². The van der Waals surface area contributed by atoms with Crippen LogP contribution in [0.15, 0.2) is 0 Å². The van der Waals surface area contributed by atoms with Gasteiger partial charge in [-0.3, -0.25) is 4.79 Å². The van der Waals surface area contributed by atoms with Gasteiger partial charge in [0.15, 0.2) is 0 Å². The summed E-state index contributed by atoms with van der Waals surface area (Å²) in [7, 11) is 0. The summed E-state index contributed by atoms with van der Waals surface area (Å²) in [5, 5.41) is 9.42. The first-order valence-corrected chi connectivity index (χ1v) is 9.32. The van der Waals surface area contributed by atoms with Crippen molar-refractivity contribution in [2.45, 2.75) is 70.4 Å². The Hall–Kier alpha value is -0.440. The van der Waals surface area contributed by atoms with Crippen LogP contribution in [0.5, 0.6) is 0 Å². The van der Waals surface area contributed by atoms with E-state index in [1.807, 2.05) is 0 Å². The van der Waals surface area contributed by atoms with E-state index in [1.165, 1.54) is 0 Å². The lowest BCUT2D eigenvalue weighted by molar-refractivity contribution is -0.149. The van der Waals surface area contributed by atoms with E-state index in [-0.39, 0.29) is 23.9 Å². The number of rotatable bonds is 1. The monoisotopic (exact) mass is 308 g/mol. The minimum absolute atomic E-state index is 0.146. The summed E-state index contributed by atoms with van der Waals surface area (Å²) in [6, 6.07) is 0. The lowest BCUT2D eigenvalue weighted by Gasteiger charge is -2.57. The third kappa shape index (κ3) is 1.90. The summed E-state index contributed by atoms with van der Waals surface area (Å²) < 4.78 is 16.0. The molecule has 4 saturated carbocycles. The van der Waals surface area contributed by atoms with Crippen molar-refractivity contribution in [3.8, 4) is 0 Å². The van der Waals surface area contributed by atoms with Gasteiger partial charge in [-0.25, -0.2) is 4.39 Å². The molecule has 22 heavy (non-hydrogen) atoms. The molecule has 4 aliphatic rings. The maximum atomic E-state index is 16.0. The molecule has 0 aliphatic heterocycles. The van der Waals surface area contributed by atoms with Crippen LogP contribution >= 0.6 is 0 Å². The second-order valence-corrected chi connectivity index (χ2v) is 8.82. The highest BCUT2D eigenvalue weighted by Gasteiger charge is 2.62. The minimum atomic E-state index is -1.01. The Bertz CT molecular complexity index is 478. The number of carbonyl (C=O) groups excluding carboxylic acids is 1. The van der Waals surface area contributed by atoms with E-state index in [2.05, 4.69) is 6.92 Å². The average Bonchev–Trinajstić information content (AvgIpc) is 2.82. The molecular formula is C19H29FO2. The van der Waals surface area contributed by atoms with Crippen LogP contribution in [-0.4, -0.2) is 23.2 Å². The highest BCUT2D eigenvalue weighted by Crippen LogP contribution is 2.63. The lowest BCUT2D eigenvalue weighted by atomic mass is 9.49. The van der Waals surface area contributed by atoms with Gasteiger partial charge in [0.1, 0.15) is 11.5 Å². The number of aliphatic hydroxyl groups is 1. The molecule has 0 bridgehead atoms. The molecule has 4 aliphatic carbocycles. The summed E-state index contributed by atoms with van der Waals surface area (Å²) >= 11 is 0. The molecule has 2 unspecified atom stereocenters. The number of Topliss-reactive ketones (excluding diaryl/α,β-unsaturated/α-hetero) is 1. The number of fused-ring (bicyclic) bond motifs is 5. The van der Waals surface area contributed by atoms with Gasteiger partial charge < -0.3 is 5.11 Å². The molecular weight excluding hydrogens is 279 g/mol. The standard InChI is InChI=1S/C19H29FO2/c1-18-8-7-16-14(15(18)4-5-17(18)22)3-2-13-10-12(11-21)6-9-19(13,16)20/h12-16,21H,2-11H2,1H3/t12?,13-,14+,15+,16?,18+,19-/m1/s1. The number of alkyl halides is 1. The van der Waals surface area contributed by atoms with E-state index in [1.54, 1.807) is 0 Å². The second-order valence-electron chi connectivity index (χ2n) is 8.82. The first-order valence-electron chi connectivity index (χ1n) is 9.32. The van der Waals surface area contributed by atoms with Crippen molar-refractivity contribution in [2.75, 3.05) is 6.61 Å². The number of aliphatic hydroxyl groups excluding tert-OH is 1. The molecule has 0 saturated heterocycles. The van der Waals surface area contributed by atoms with Gasteiger partial charge in [0.05, 0.1) is 0 Å². The molecule has 124 valence electrons. The fourth-order valence-corrected chi connectivity index (χ4v) is 6.81. The first kappa shape index (κ1) is 15.1. The largest absolute Gasteiger partial charge is 0.396 e. The average molecular weight is 308 g/mol. The molecule has 0 amide bonds. The van der Waals surface area contributed by atoms with Crippen molar-refractivity contribution < 1.29 is 14.3 Å². The Labute approximate surface area is 132 Å². The van der Waals surface area contributed by atoms with Gasteiger partial charge in [-0.05, 0) is 81.0 Å². The molecule has 4 fully saturated rings. The van der Waals surface area contributed by atoms with Gasteiger partial charge in [-0.15, -0.1) is 0 Å². The van der Waals surface area contributed by atoms with Gasteiger partial charge in [0.25, 0.3) is 0 Å². The maximum Gasteiger partial charge on any atom is 0.139 e. The van der Waals surface area contributed by atoms with E-state index in [4.69, 9.17) is 0 Å². The fourth-order valence-electron chi connectivity index (χ4n) is 6.81. The van der Waals surface area contributed by atoms with Gasteiger partial charge in [0.2, 0.25) is 0 Å². The molecule has 1 N–H and O–H groups in total. The topological polar surface area (TPSA) is 37.3 Å². The quantitative estimate of drug-likeness (QED) is 0.797. The highest BCUT2D eigenvalue weighted by atomic mass is 19.1. The van der Waals surface area contributed by atoms with Crippen LogP contribution in [0, 0.1) is 35.0 Å². The smallest absolute Gasteiger partial charge is 0.139 e. The molecule has 7 atom stereocenters. The third-order valence-electron chi connectivity index (χ3n) is 8.10. The van der Waals surface area contributed by atoms with Crippen molar-refractivity contribution in [3.05, 3.63) is 0 Å². The van der Waals surface area contributed by atoms with E-state index >= 15 is 4.39 Å². The SMILES string of the molecule is C[C@]12CCC3[C@@H](CC[C@@H]4CC(CO)CC[C@]34F)[C@@H]1CCC2=O. The van der Waals surface area contributed by atoms with Crippen LogP contribution in [0.1, 0.15) is 64.7 Å². The van der Waals surface area contributed by atoms with Crippen molar-refractivity contribution in [3.63, 3.8) is 0 Å². The van der Waals surface area contributed by atoms with E-state index < -0.39 is 5.67 Å². The Morgan fingerprint density at radius 2 is 1.95 bits per heavy atom. The summed E-state index contributed by atoms with van der Waals surface area (Å²) in [4.78, 5) is 12.3. The second kappa shape index (κ2) is 5.03. The summed E-state index contributed by atoms with van der Waals surface area (Å²) in [6.07, 6.45) is 7.95. The van der Waals surface area contributed by atoms with E-state index in [0.717, 1.165) is 51.4 Å². The molecule has 2 nitrogen and oxygen atoms in total. The summed E-state index contributed by atoms with van der Waals surface area (Å²) in [6.45, 7) is 2.37. The van der Waals surface area contributed by atoms with Crippen LogP contribution in [0.3, 0.4) is 0 Å². The molecule has 4 rings (SSSR count). The number of hydrogen-bond acceptors (Lipinski definition) is 2. The molecule has 0 aromatic carbocycles. The van der Waals surface area contributed by atoms with Crippen LogP contribution in [-0.2, 0) is 4.79 Å². The van der Waals surface area contributed by atoms with Crippen LogP contribution < -0.4 is 0 Å². The lowest BCUT2D eigenvalue weighted by Crippen LogP contribution is -2.56. The molecule has 0 aromatic rings. The summed E-state index contributed by atoms with van der Waals surface area (Å²) in [5.74, 6) is 1.94. The maximum absolute atomic E-state index is 16.0. The van der Waals surface area contributed by atoms with Crippen LogP contribution in [0.25, 0.3) is 0 Å².